The van der Waals surface area contributed by atoms with Gasteiger partial charge in [-0.1, -0.05) is 11.8 Å². The highest BCUT2D eigenvalue weighted by atomic mass is 32.2. The number of hydrogen-bond donors (Lipinski definition) is 1. The third-order valence-corrected chi connectivity index (χ3v) is 3.55. The van der Waals surface area contributed by atoms with Gasteiger partial charge in [0.2, 0.25) is 0 Å². The van der Waals surface area contributed by atoms with Crippen molar-refractivity contribution in [1.82, 2.24) is 4.98 Å². The van der Waals surface area contributed by atoms with Crippen LogP contribution in [0.1, 0.15) is 5.69 Å². The zero-order chi connectivity index (χ0) is 14.8. The lowest BCUT2D eigenvalue weighted by Crippen LogP contribution is -2.08. The normalized spacial score (nSPS) is 11.4. The molecule has 0 unspecified atom stereocenters. The molecule has 3 nitrogen and oxygen atoms in total. The summed E-state index contributed by atoms with van der Waals surface area (Å²) in [6.45, 7) is 0. The monoisotopic (exact) mass is 300 g/mol. The van der Waals surface area contributed by atoms with Gasteiger partial charge in [0.25, 0.3) is 0 Å². The second kappa shape index (κ2) is 5.62. The summed E-state index contributed by atoms with van der Waals surface area (Å²) in [6, 6.07) is 7.90. The first-order chi connectivity index (χ1) is 9.40. The van der Waals surface area contributed by atoms with Gasteiger partial charge in [0, 0.05) is 9.79 Å². The maximum Gasteiger partial charge on any atom is 0.433 e. The molecule has 0 amide bonds. The van der Waals surface area contributed by atoms with Crippen LogP contribution in [0.15, 0.2) is 46.3 Å². The minimum atomic E-state index is -4.48. The molecule has 0 aliphatic rings. The molecule has 2 aromatic rings. The van der Waals surface area contributed by atoms with E-state index in [0.29, 0.717) is 10.6 Å². The van der Waals surface area contributed by atoms with Crippen LogP contribution < -0.4 is 10.5 Å². The third kappa shape index (κ3) is 3.36. The van der Waals surface area contributed by atoms with Crippen LogP contribution in [0.5, 0.6) is 5.75 Å². The molecule has 0 radical (unpaired) electrons. The number of nitrogens with zero attached hydrogens (tertiary/aromatic N) is 1. The number of benzene rings is 1. The number of aromatic nitrogens is 1. The van der Waals surface area contributed by atoms with E-state index in [4.69, 9.17) is 10.5 Å². The Bertz CT molecular complexity index is 600. The van der Waals surface area contributed by atoms with E-state index in [1.807, 2.05) is 0 Å². The molecule has 20 heavy (non-hydrogen) atoms. The first-order valence-corrected chi connectivity index (χ1v) is 6.36. The lowest BCUT2D eigenvalue weighted by Gasteiger charge is -2.10. The van der Waals surface area contributed by atoms with E-state index >= 15 is 0 Å². The highest BCUT2D eigenvalue weighted by molar-refractivity contribution is 7.99. The maximum absolute atomic E-state index is 12.6. The molecule has 0 aliphatic carbocycles. The van der Waals surface area contributed by atoms with Gasteiger partial charge in [-0.05, 0) is 30.3 Å². The van der Waals surface area contributed by atoms with E-state index in [1.54, 1.807) is 31.4 Å². The molecule has 0 saturated heterocycles. The van der Waals surface area contributed by atoms with E-state index in [1.165, 1.54) is 0 Å². The van der Waals surface area contributed by atoms with Gasteiger partial charge in [0.05, 0.1) is 19.0 Å². The van der Waals surface area contributed by atoms with Gasteiger partial charge < -0.3 is 10.5 Å². The summed E-state index contributed by atoms with van der Waals surface area (Å²) in [4.78, 5) is 4.37. The molecule has 0 saturated carbocycles. The fourth-order valence-corrected chi connectivity index (χ4v) is 2.33. The fourth-order valence-electron chi connectivity index (χ4n) is 1.46. The van der Waals surface area contributed by atoms with E-state index in [0.717, 1.165) is 28.9 Å². The number of pyridine rings is 1. The summed E-state index contributed by atoms with van der Waals surface area (Å²) < 4.78 is 42.8. The zero-order valence-corrected chi connectivity index (χ0v) is 11.3. The van der Waals surface area contributed by atoms with E-state index in [2.05, 4.69) is 4.98 Å². The number of nitrogen functional groups attached to an aromatic ring is 1. The number of ether oxygens (including phenoxy) is 1. The average molecular weight is 300 g/mol. The Kier molecular flexibility index (Phi) is 4.08. The molecule has 2 rings (SSSR count). The molecular weight excluding hydrogens is 289 g/mol. The zero-order valence-electron chi connectivity index (χ0n) is 10.4. The number of halogens is 3. The summed E-state index contributed by atoms with van der Waals surface area (Å²) in [5, 5.41) is 0. The lowest BCUT2D eigenvalue weighted by molar-refractivity contribution is -0.141. The van der Waals surface area contributed by atoms with Crippen LogP contribution in [0.3, 0.4) is 0 Å². The largest absolute Gasteiger partial charge is 0.497 e. The smallest absolute Gasteiger partial charge is 0.433 e. The Morgan fingerprint density at radius 1 is 1.20 bits per heavy atom. The minimum absolute atomic E-state index is 0.207. The van der Waals surface area contributed by atoms with E-state index in [9.17, 15) is 13.2 Å². The van der Waals surface area contributed by atoms with Gasteiger partial charge >= 0.3 is 6.18 Å². The molecule has 1 aromatic heterocycles. The standard InChI is InChI=1S/C13H11F3N2OS/c1-19-8-2-4-9(5-3-8)20-11-6-12(13(14,15)16)18-7-10(11)17/h2-7H,17H2,1H3. The number of methoxy groups -OCH3 is 1. The fraction of sp³-hybridized carbons (Fsp3) is 0.154. The SMILES string of the molecule is COc1ccc(Sc2cc(C(F)(F)F)ncc2N)cc1. The molecule has 1 aromatic carbocycles. The molecular formula is C13H11F3N2OS. The molecule has 7 heteroatoms. The predicted molar refractivity (Wildman–Crippen MR) is 70.8 cm³/mol. The van der Waals surface area contributed by atoms with E-state index < -0.39 is 11.9 Å². The maximum atomic E-state index is 12.6. The summed E-state index contributed by atoms with van der Waals surface area (Å²) in [5.74, 6) is 0.674. The van der Waals surface area contributed by atoms with Gasteiger partial charge in [-0.3, -0.25) is 0 Å². The Morgan fingerprint density at radius 3 is 2.40 bits per heavy atom. The molecule has 0 atom stereocenters. The van der Waals surface area contributed by atoms with Crippen LogP contribution in [-0.2, 0) is 6.18 Å². The Labute approximate surface area is 118 Å². The topological polar surface area (TPSA) is 48.1 Å². The molecule has 0 bridgehead atoms. The lowest BCUT2D eigenvalue weighted by atomic mass is 10.3. The van der Waals surface area contributed by atoms with Gasteiger partial charge in [0.15, 0.2) is 0 Å². The van der Waals surface area contributed by atoms with Gasteiger partial charge in [-0.2, -0.15) is 13.2 Å². The highest BCUT2D eigenvalue weighted by Gasteiger charge is 2.33. The number of anilines is 1. The van der Waals surface area contributed by atoms with Crippen molar-refractivity contribution in [2.24, 2.45) is 0 Å². The van der Waals surface area contributed by atoms with Crippen LogP contribution in [0.25, 0.3) is 0 Å². The second-order valence-electron chi connectivity index (χ2n) is 3.88. The van der Waals surface area contributed by atoms with Crippen molar-refractivity contribution < 1.29 is 17.9 Å². The van der Waals surface area contributed by atoms with Gasteiger partial charge in [-0.15, -0.1) is 0 Å². The van der Waals surface area contributed by atoms with Crippen LogP contribution in [0, 0.1) is 0 Å². The van der Waals surface area contributed by atoms with Crippen molar-refractivity contribution in [3.8, 4) is 5.75 Å². The minimum Gasteiger partial charge on any atom is -0.497 e. The van der Waals surface area contributed by atoms with Crippen LogP contribution in [-0.4, -0.2) is 12.1 Å². The summed E-state index contributed by atoms with van der Waals surface area (Å²) in [6.07, 6.45) is -3.46. The molecule has 106 valence electrons. The first kappa shape index (κ1) is 14.5. The number of alkyl halides is 3. The van der Waals surface area contributed by atoms with Crippen molar-refractivity contribution in [3.63, 3.8) is 0 Å². The Hall–Kier alpha value is -1.89. The number of nitrogens with two attached hydrogens (primary N) is 1. The van der Waals surface area contributed by atoms with Crippen molar-refractivity contribution in [1.29, 1.82) is 0 Å². The van der Waals surface area contributed by atoms with Crippen LogP contribution in [0.4, 0.5) is 18.9 Å². The highest BCUT2D eigenvalue weighted by Crippen LogP contribution is 2.36. The van der Waals surface area contributed by atoms with Crippen molar-refractivity contribution >= 4 is 17.4 Å². The van der Waals surface area contributed by atoms with Gasteiger partial charge in [-0.25, -0.2) is 4.98 Å². The predicted octanol–water partition coefficient (Wildman–Crippen LogP) is 3.84. The molecule has 0 fully saturated rings. The molecule has 1 heterocycles. The number of hydrogen-bond acceptors (Lipinski definition) is 4. The van der Waals surface area contributed by atoms with Crippen LogP contribution >= 0.6 is 11.8 Å². The molecule has 0 spiro atoms. The van der Waals surface area contributed by atoms with Crippen LogP contribution in [0.2, 0.25) is 0 Å². The summed E-state index contributed by atoms with van der Waals surface area (Å²) >= 11 is 1.14. The Balaban J connectivity index is 2.27. The van der Waals surface area contributed by atoms with Gasteiger partial charge in [0.1, 0.15) is 11.4 Å². The van der Waals surface area contributed by atoms with Crippen molar-refractivity contribution in [2.75, 3.05) is 12.8 Å². The quantitative estimate of drug-likeness (QED) is 0.935. The van der Waals surface area contributed by atoms with Crippen molar-refractivity contribution in [2.45, 2.75) is 16.0 Å². The summed E-state index contributed by atoms with van der Waals surface area (Å²) in [7, 11) is 1.54. The Morgan fingerprint density at radius 2 is 1.85 bits per heavy atom. The van der Waals surface area contributed by atoms with E-state index in [-0.39, 0.29) is 5.69 Å². The first-order valence-electron chi connectivity index (χ1n) is 5.55. The third-order valence-electron chi connectivity index (χ3n) is 2.47. The second-order valence-corrected chi connectivity index (χ2v) is 5.00. The molecule has 0 aliphatic heterocycles. The molecule has 2 N–H and O–H groups in total. The number of rotatable bonds is 3. The summed E-state index contributed by atoms with van der Waals surface area (Å²) in [5.41, 5.74) is 4.91. The average Bonchev–Trinajstić information content (AvgIpc) is 2.41. The van der Waals surface area contributed by atoms with Crippen molar-refractivity contribution in [3.05, 3.63) is 42.2 Å².